The molecule has 3 aromatic rings. The largest absolute Gasteiger partial charge is 0.384 e. The first-order chi connectivity index (χ1) is 25.1. The molecule has 6 rings (SSSR count). The van der Waals surface area contributed by atoms with Gasteiger partial charge in [-0.05, 0) is 61.9 Å². The minimum atomic E-state index is -3.78. The standard InChI is InChI=1S/C37H49N7O8S/c1-36(2,50)30-20-39-42-44(30)27-19-29(34(48)41-37(31(45)32(38)46)15-8-16-53(51,52)22-37)43(21-27)35(49)28(17-23-9-4-3-5-10-23)40-33(47)26-14-13-24-11-6-7-12-25(24)18-26/h6-7,11-14,18,20,23,27-29,31,45,50H,3-5,8-10,15-17,19,21-22H2,1-2H3,(H2,38,46)(H,40,47)(H,41,48)/t27-,28+,29-,31?,37?/m0/s1. The molecule has 286 valence electrons. The fourth-order valence-electron chi connectivity index (χ4n) is 8.31. The Balaban J connectivity index is 1.35. The molecule has 53 heavy (non-hydrogen) atoms. The van der Waals surface area contributed by atoms with Crippen molar-refractivity contribution in [3.8, 4) is 0 Å². The van der Waals surface area contributed by atoms with E-state index in [-0.39, 0.29) is 37.5 Å². The van der Waals surface area contributed by atoms with E-state index in [0.717, 1.165) is 42.9 Å². The predicted octanol–water partition coefficient (Wildman–Crippen LogP) is 1.48. The number of nitrogens with two attached hydrogens (primary N) is 1. The van der Waals surface area contributed by atoms with Crippen LogP contribution in [0.4, 0.5) is 0 Å². The number of amides is 4. The molecule has 0 spiro atoms. The molecule has 0 bridgehead atoms. The highest BCUT2D eigenvalue weighted by molar-refractivity contribution is 7.91. The summed E-state index contributed by atoms with van der Waals surface area (Å²) in [6.45, 7) is 3.07. The number of carbonyl (C=O) groups is 4. The lowest BCUT2D eigenvalue weighted by molar-refractivity contribution is -0.142. The number of sulfone groups is 1. The van der Waals surface area contributed by atoms with Crippen LogP contribution in [0.3, 0.4) is 0 Å². The number of fused-ring (bicyclic) bond motifs is 1. The number of likely N-dealkylation sites (tertiary alicyclic amines) is 1. The van der Waals surface area contributed by atoms with Gasteiger partial charge in [0.25, 0.3) is 5.91 Å². The molecule has 3 fully saturated rings. The van der Waals surface area contributed by atoms with Crippen LogP contribution < -0.4 is 16.4 Å². The monoisotopic (exact) mass is 751 g/mol. The van der Waals surface area contributed by atoms with Crippen molar-refractivity contribution in [3.05, 3.63) is 59.9 Å². The first-order valence-corrected chi connectivity index (χ1v) is 20.1. The van der Waals surface area contributed by atoms with Gasteiger partial charge in [0.2, 0.25) is 17.7 Å². The summed E-state index contributed by atoms with van der Waals surface area (Å²) in [6, 6.07) is 10.0. The molecular formula is C37H49N7O8S. The van der Waals surface area contributed by atoms with Crippen molar-refractivity contribution in [1.82, 2.24) is 30.5 Å². The normalized spacial score (nSPS) is 24.7. The molecule has 2 aliphatic heterocycles. The van der Waals surface area contributed by atoms with Crippen LogP contribution in [-0.4, -0.2) is 104 Å². The molecule has 3 heterocycles. The number of carbonyl (C=O) groups excluding carboxylic acids is 4. The van der Waals surface area contributed by atoms with Crippen molar-refractivity contribution in [2.75, 3.05) is 18.1 Å². The molecule has 15 nitrogen and oxygen atoms in total. The van der Waals surface area contributed by atoms with Crippen LogP contribution in [0.2, 0.25) is 0 Å². The van der Waals surface area contributed by atoms with Gasteiger partial charge in [-0.25, -0.2) is 13.1 Å². The Bertz CT molecular complexity index is 1970. The third-order valence-electron chi connectivity index (χ3n) is 11.0. The number of hydrogen-bond acceptors (Lipinski definition) is 10. The molecule has 0 radical (unpaired) electrons. The van der Waals surface area contributed by atoms with E-state index in [1.165, 1.54) is 15.8 Å². The smallest absolute Gasteiger partial charge is 0.251 e. The van der Waals surface area contributed by atoms with Crippen molar-refractivity contribution < 1.29 is 37.8 Å². The fourth-order valence-corrected chi connectivity index (χ4v) is 10.2. The van der Waals surface area contributed by atoms with Gasteiger partial charge in [0.1, 0.15) is 17.7 Å². The molecule has 2 aromatic carbocycles. The Morgan fingerprint density at radius 2 is 1.77 bits per heavy atom. The Morgan fingerprint density at radius 3 is 2.45 bits per heavy atom. The van der Waals surface area contributed by atoms with E-state index in [9.17, 15) is 37.8 Å². The van der Waals surface area contributed by atoms with Crippen molar-refractivity contribution in [2.24, 2.45) is 11.7 Å². The minimum Gasteiger partial charge on any atom is -0.384 e. The Morgan fingerprint density at radius 1 is 1.06 bits per heavy atom. The lowest BCUT2D eigenvalue weighted by atomic mass is 9.84. The summed E-state index contributed by atoms with van der Waals surface area (Å²) in [5.74, 6) is -3.69. The number of hydrogen-bond donors (Lipinski definition) is 5. The third-order valence-corrected chi connectivity index (χ3v) is 12.9. The Labute approximate surface area is 308 Å². The highest BCUT2D eigenvalue weighted by Crippen LogP contribution is 2.35. The summed E-state index contributed by atoms with van der Waals surface area (Å²) in [5, 5.41) is 37.5. The number of rotatable bonds is 11. The summed E-state index contributed by atoms with van der Waals surface area (Å²) in [6.07, 6.45) is 4.61. The highest BCUT2D eigenvalue weighted by atomic mass is 32.2. The third kappa shape index (κ3) is 8.39. The molecule has 2 unspecified atom stereocenters. The number of primary amides is 1. The first kappa shape index (κ1) is 38.3. The molecule has 1 aromatic heterocycles. The van der Waals surface area contributed by atoms with Crippen LogP contribution in [0.25, 0.3) is 10.8 Å². The van der Waals surface area contributed by atoms with E-state index in [0.29, 0.717) is 17.7 Å². The number of nitrogens with zero attached hydrogens (tertiary/aromatic N) is 4. The van der Waals surface area contributed by atoms with E-state index in [1.54, 1.807) is 26.0 Å². The van der Waals surface area contributed by atoms with Crippen LogP contribution in [-0.2, 0) is 29.8 Å². The molecule has 6 N–H and O–H groups in total. The number of nitrogens with one attached hydrogen (secondary N) is 2. The van der Waals surface area contributed by atoms with Gasteiger partial charge in [-0.2, -0.15) is 0 Å². The Hall–Kier alpha value is -4.41. The van der Waals surface area contributed by atoms with Gasteiger partial charge in [0, 0.05) is 18.5 Å². The maximum absolute atomic E-state index is 14.8. The average Bonchev–Trinajstić information content (AvgIpc) is 3.79. The number of aliphatic hydroxyl groups is 2. The van der Waals surface area contributed by atoms with E-state index < -0.39 is 74.6 Å². The second-order valence-corrected chi connectivity index (χ2v) is 17.7. The van der Waals surface area contributed by atoms with Gasteiger partial charge in [-0.1, -0.05) is 67.6 Å². The topological polar surface area (TPSA) is 227 Å². The second kappa shape index (κ2) is 15.1. The summed E-state index contributed by atoms with van der Waals surface area (Å²) < 4.78 is 27.1. The molecule has 5 atom stereocenters. The maximum atomic E-state index is 14.8. The molecular weight excluding hydrogens is 703 g/mol. The second-order valence-electron chi connectivity index (χ2n) is 15.5. The van der Waals surface area contributed by atoms with Crippen LogP contribution in [0.5, 0.6) is 0 Å². The van der Waals surface area contributed by atoms with Crippen LogP contribution in [0.1, 0.15) is 93.7 Å². The minimum absolute atomic E-state index is 0.0196. The fraction of sp³-hybridized carbons (Fsp3) is 0.568. The van der Waals surface area contributed by atoms with E-state index >= 15 is 0 Å². The van der Waals surface area contributed by atoms with Crippen LogP contribution >= 0.6 is 0 Å². The molecule has 4 amide bonds. The van der Waals surface area contributed by atoms with Crippen molar-refractivity contribution in [1.29, 1.82) is 0 Å². The van der Waals surface area contributed by atoms with Gasteiger partial charge in [0.05, 0.1) is 35.0 Å². The van der Waals surface area contributed by atoms with Crippen molar-refractivity contribution >= 4 is 44.2 Å². The van der Waals surface area contributed by atoms with Crippen LogP contribution in [0.15, 0.2) is 48.7 Å². The van der Waals surface area contributed by atoms with Gasteiger partial charge >= 0.3 is 0 Å². The zero-order chi connectivity index (χ0) is 38.1. The summed E-state index contributed by atoms with van der Waals surface area (Å²) in [5.41, 5.74) is 2.89. The SMILES string of the molecule is CC(C)(O)c1cnnn1[C@H]1C[C@@H](C(=O)NC2(C(O)C(N)=O)CCCS(=O)(=O)C2)N(C(=O)[C@@H](CC2CCCCC2)NC(=O)c2ccc3ccccc3c2)C1. The zero-order valence-corrected chi connectivity index (χ0v) is 30.9. The average molecular weight is 752 g/mol. The quantitative estimate of drug-likeness (QED) is 0.190. The summed E-state index contributed by atoms with van der Waals surface area (Å²) >= 11 is 0. The molecule has 2 saturated heterocycles. The molecule has 1 aliphatic carbocycles. The van der Waals surface area contributed by atoms with E-state index in [1.807, 2.05) is 30.3 Å². The van der Waals surface area contributed by atoms with Crippen LogP contribution in [0, 0.1) is 5.92 Å². The lowest BCUT2D eigenvalue weighted by Crippen LogP contribution is -2.67. The lowest BCUT2D eigenvalue weighted by Gasteiger charge is -2.41. The molecule has 16 heteroatoms. The number of aromatic nitrogens is 3. The zero-order valence-electron chi connectivity index (χ0n) is 30.1. The number of benzene rings is 2. The van der Waals surface area contributed by atoms with Gasteiger partial charge < -0.3 is 31.5 Å². The summed E-state index contributed by atoms with van der Waals surface area (Å²) in [7, 11) is -3.78. The first-order valence-electron chi connectivity index (χ1n) is 18.3. The van der Waals surface area contributed by atoms with E-state index in [4.69, 9.17) is 5.73 Å². The number of aliphatic hydroxyl groups excluding tert-OH is 1. The Kier molecular flexibility index (Phi) is 10.9. The van der Waals surface area contributed by atoms with Gasteiger partial charge in [-0.15, -0.1) is 5.10 Å². The van der Waals surface area contributed by atoms with Gasteiger partial charge in [-0.3, -0.25) is 19.2 Å². The molecule has 3 aliphatic rings. The van der Waals surface area contributed by atoms with Gasteiger partial charge in [0.15, 0.2) is 15.9 Å². The van der Waals surface area contributed by atoms with Crippen molar-refractivity contribution in [2.45, 2.75) is 107 Å². The van der Waals surface area contributed by atoms with E-state index in [2.05, 4.69) is 20.9 Å². The maximum Gasteiger partial charge on any atom is 0.251 e. The molecule has 1 saturated carbocycles. The van der Waals surface area contributed by atoms with Crippen molar-refractivity contribution in [3.63, 3.8) is 0 Å². The predicted molar refractivity (Wildman–Crippen MR) is 195 cm³/mol. The highest BCUT2D eigenvalue weighted by Gasteiger charge is 2.51. The summed E-state index contributed by atoms with van der Waals surface area (Å²) in [4.78, 5) is 56.7.